The maximum atomic E-state index is 15.0. The van der Waals surface area contributed by atoms with Crippen molar-refractivity contribution < 1.29 is 129 Å². The Morgan fingerprint density at radius 1 is 0.343 bits per heavy atom. The van der Waals surface area contributed by atoms with Gasteiger partial charge in [0.15, 0.2) is 81.9 Å². The minimum Gasteiger partial charge on any atom is -0.504 e. The Balaban J connectivity index is 1.44. The summed E-state index contributed by atoms with van der Waals surface area (Å²) in [6.07, 6.45) is -13.4. The molecule has 0 unspecified atom stereocenters. The van der Waals surface area contributed by atoms with Gasteiger partial charge in [0.2, 0.25) is 28.7 Å². The number of ether oxygens (including phenoxy) is 5. The number of hydrogen-bond acceptors (Lipinski definition) is 26. The van der Waals surface area contributed by atoms with Crippen molar-refractivity contribution in [2.75, 3.05) is 6.61 Å². The van der Waals surface area contributed by atoms with Crippen LogP contribution in [0.3, 0.4) is 0 Å². The van der Waals surface area contributed by atoms with E-state index in [4.69, 9.17) is 23.7 Å². The highest BCUT2D eigenvalue weighted by Crippen LogP contribution is 2.62. The molecule has 0 aromatic heterocycles. The Bertz CT molecular complexity index is 3190. The van der Waals surface area contributed by atoms with Crippen LogP contribution in [0.1, 0.15) is 63.5 Å². The number of esters is 5. The van der Waals surface area contributed by atoms with E-state index in [-0.39, 0.29) is 0 Å². The lowest BCUT2D eigenvalue weighted by Gasteiger charge is -2.40. The molecule has 0 radical (unpaired) electrons. The van der Waals surface area contributed by atoms with Crippen molar-refractivity contribution in [2.45, 2.75) is 30.5 Å². The van der Waals surface area contributed by atoms with Gasteiger partial charge in [-0.25, -0.2) is 24.0 Å². The quantitative estimate of drug-likeness (QED) is 0.0591. The van der Waals surface area contributed by atoms with Crippen LogP contribution in [0.4, 0.5) is 0 Å². The number of phenolic OH excluding ortho intramolecular Hbond substituents is 15. The van der Waals surface area contributed by atoms with Crippen LogP contribution in [0.5, 0.6) is 86.2 Å². The van der Waals surface area contributed by atoms with E-state index in [1.807, 2.05) is 0 Å². The molecule has 0 fully saturated rings. The number of fused-ring (bicyclic) bond motifs is 7. The molecule has 5 aromatic carbocycles. The average Bonchev–Trinajstić information content (AvgIpc) is 3.30. The summed E-state index contributed by atoms with van der Waals surface area (Å²) in [4.78, 5) is 72.4. The minimum absolute atomic E-state index is 0.323. The van der Waals surface area contributed by atoms with Crippen LogP contribution in [-0.4, -0.2) is 143 Å². The third-order valence-corrected chi connectivity index (χ3v) is 11.4. The van der Waals surface area contributed by atoms with E-state index in [0.29, 0.717) is 18.2 Å². The summed E-state index contributed by atoms with van der Waals surface area (Å²) in [6.45, 7) is -1.51. The molecular formula is C41H26O26. The zero-order valence-electron chi connectivity index (χ0n) is 32.6. The van der Waals surface area contributed by atoms with Crippen molar-refractivity contribution in [1.82, 2.24) is 0 Å². The van der Waals surface area contributed by atoms with Gasteiger partial charge in [0.25, 0.3) is 0 Å². The number of aliphatic hydroxyl groups is 1. The predicted molar refractivity (Wildman–Crippen MR) is 206 cm³/mol. The SMILES string of the molecule is O=C1OC[C@@H]2OC(=O)c3cc(O)c(O)c(O)c3-c3c(O)c(O)c(O)c4c3C(=O)O[C@@H]([C@H]2OC(=O)c2cc(O)c(O)c(O)c2-c2c1cc(O)c(O)c2O)[C@H]1OC(=O)c2c-4c(O)c(O)c(O)c2[C@H]1O. The Kier molecular flexibility index (Phi) is 9.05. The van der Waals surface area contributed by atoms with Crippen molar-refractivity contribution in [3.63, 3.8) is 0 Å². The summed E-state index contributed by atoms with van der Waals surface area (Å²) in [6, 6.07) is 1.07. The van der Waals surface area contributed by atoms with Crippen LogP contribution in [0.15, 0.2) is 18.2 Å². The molecule has 5 aromatic rings. The number of aliphatic hydroxyl groups excluding tert-OH is 1. The summed E-state index contributed by atoms with van der Waals surface area (Å²) < 4.78 is 27.8. The predicted octanol–water partition coefficient (Wildman–Crippen LogP) is 1.32. The highest BCUT2D eigenvalue weighted by molar-refractivity contribution is 6.16. The van der Waals surface area contributed by atoms with Gasteiger partial charge in [0, 0.05) is 38.9 Å². The van der Waals surface area contributed by atoms with Crippen molar-refractivity contribution in [3.05, 3.63) is 51.6 Å². The number of carbonyl (C=O) groups excluding carboxylic acids is 5. The molecule has 5 aliphatic heterocycles. The molecule has 0 spiro atoms. The average molecular weight is 935 g/mol. The molecule has 10 rings (SSSR count). The molecule has 0 saturated heterocycles. The monoisotopic (exact) mass is 934 g/mol. The van der Waals surface area contributed by atoms with Gasteiger partial charge in [0.1, 0.15) is 12.7 Å². The molecule has 67 heavy (non-hydrogen) atoms. The lowest BCUT2D eigenvalue weighted by atomic mass is 9.80. The van der Waals surface area contributed by atoms with Crippen LogP contribution in [0.25, 0.3) is 33.4 Å². The van der Waals surface area contributed by atoms with E-state index in [0.717, 1.165) is 0 Å². The first-order valence-corrected chi connectivity index (χ1v) is 18.6. The molecule has 16 N–H and O–H groups in total. The molecule has 0 saturated carbocycles. The van der Waals surface area contributed by atoms with Crippen molar-refractivity contribution in [3.8, 4) is 120 Å². The van der Waals surface area contributed by atoms with Crippen LogP contribution in [0.2, 0.25) is 0 Å². The van der Waals surface area contributed by atoms with Gasteiger partial charge >= 0.3 is 29.8 Å². The van der Waals surface area contributed by atoms with Gasteiger partial charge in [-0.3, -0.25) is 0 Å². The minimum atomic E-state index is -2.79. The molecule has 346 valence electrons. The number of carbonyl (C=O) groups is 5. The fraction of sp³-hybridized carbons (Fsp3) is 0.146. The molecular weight excluding hydrogens is 908 g/mol. The molecule has 6 bridgehead atoms. The van der Waals surface area contributed by atoms with Gasteiger partial charge in [0.05, 0.1) is 27.8 Å². The van der Waals surface area contributed by atoms with Gasteiger partial charge in [-0.1, -0.05) is 0 Å². The van der Waals surface area contributed by atoms with Crippen LogP contribution in [-0.2, 0) is 23.7 Å². The van der Waals surface area contributed by atoms with Crippen LogP contribution >= 0.6 is 0 Å². The molecule has 5 heterocycles. The number of hydrogen-bond donors (Lipinski definition) is 16. The number of rotatable bonds is 0. The van der Waals surface area contributed by atoms with E-state index in [1.165, 1.54) is 0 Å². The third-order valence-electron chi connectivity index (χ3n) is 11.4. The molecule has 26 nitrogen and oxygen atoms in total. The summed E-state index contributed by atoms with van der Waals surface area (Å²) in [5, 5.41) is 177. The molecule has 5 aliphatic rings. The first-order chi connectivity index (χ1) is 31.5. The number of phenols is 15. The fourth-order valence-corrected chi connectivity index (χ4v) is 8.39. The third kappa shape index (κ3) is 5.68. The second-order valence-electron chi connectivity index (χ2n) is 15.0. The van der Waals surface area contributed by atoms with E-state index < -0.39 is 220 Å². The summed E-state index contributed by atoms with van der Waals surface area (Å²) in [5.74, 6) is -32.1. The Hall–Kier alpha value is -9.59. The summed E-state index contributed by atoms with van der Waals surface area (Å²) in [5.41, 5.74) is -14.9. The number of aromatic hydroxyl groups is 15. The lowest BCUT2D eigenvalue weighted by Crippen LogP contribution is -2.56. The van der Waals surface area contributed by atoms with Crippen LogP contribution < -0.4 is 0 Å². The van der Waals surface area contributed by atoms with E-state index >= 15 is 0 Å². The van der Waals surface area contributed by atoms with Gasteiger partial charge in [-0.05, 0) is 18.2 Å². The van der Waals surface area contributed by atoms with E-state index in [2.05, 4.69) is 0 Å². The second kappa shape index (κ2) is 14.2. The smallest absolute Gasteiger partial charge is 0.340 e. The molecule has 0 amide bonds. The van der Waals surface area contributed by atoms with E-state index in [9.17, 15) is 106 Å². The Morgan fingerprint density at radius 2 is 0.701 bits per heavy atom. The molecule has 0 aliphatic carbocycles. The van der Waals surface area contributed by atoms with Crippen molar-refractivity contribution in [2.24, 2.45) is 0 Å². The Labute approximate surface area is 367 Å². The number of benzene rings is 5. The normalized spacial score (nSPS) is 20.6. The summed E-state index contributed by atoms with van der Waals surface area (Å²) >= 11 is 0. The molecule has 5 atom stereocenters. The van der Waals surface area contributed by atoms with Crippen molar-refractivity contribution >= 4 is 29.8 Å². The zero-order valence-corrected chi connectivity index (χ0v) is 32.6. The highest BCUT2D eigenvalue weighted by Gasteiger charge is 2.55. The second-order valence-corrected chi connectivity index (χ2v) is 15.0. The van der Waals surface area contributed by atoms with Crippen molar-refractivity contribution in [1.29, 1.82) is 0 Å². The Morgan fingerprint density at radius 3 is 1.21 bits per heavy atom. The van der Waals surface area contributed by atoms with Crippen LogP contribution in [0, 0.1) is 0 Å². The van der Waals surface area contributed by atoms with Gasteiger partial charge in [-0.2, -0.15) is 0 Å². The fourth-order valence-electron chi connectivity index (χ4n) is 8.39. The van der Waals surface area contributed by atoms with E-state index in [1.54, 1.807) is 0 Å². The van der Waals surface area contributed by atoms with Gasteiger partial charge in [-0.15, -0.1) is 0 Å². The lowest BCUT2D eigenvalue weighted by molar-refractivity contribution is -0.154. The first-order valence-electron chi connectivity index (χ1n) is 18.6. The zero-order chi connectivity index (χ0) is 48.7. The standard InChI is InChI=1S/C41H26O26/c42-8-1-5-12(24(48)21(8)45)13-6(2-9(43)22(46)25(13)49)39(60)65-34-11(4-63-37(5)58)64-38(59)7-3-10(44)23(47)26(50)14(7)15-18-16(28(52)32(56)27(15)51)17-19-20(30(54)33(57)29(17)53)31(55)35(66-41(19)62)36(34)67-40(18)61/h1-3,11,31,34-36,42-57H,4H2/t11-,31+,34-,35-,36-/m0/s1. The maximum absolute atomic E-state index is 15.0. The van der Waals surface area contributed by atoms with Gasteiger partial charge < -0.3 is 105 Å². The molecule has 26 heteroatoms. The summed E-state index contributed by atoms with van der Waals surface area (Å²) in [7, 11) is 0. The first kappa shape index (κ1) is 42.7. The highest BCUT2D eigenvalue weighted by atomic mass is 16.6. The maximum Gasteiger partial charge on any atom is 0.340 e. The topological polar surface area (TPSA) is 455 Å². The number of cyclic esters (lactones) is 1. The largest absolute Gasteiger partial charge is 0.504 e.